The van der Waals surface area contributed by atoms with E-state index in [9.17, 15) is 0 Å². The third kappa shape index (κ3) is 2.39. The first-order valence-corrected chi connectivity index (χ1v) is 7.76. The molecule has 2 saturated carbocycles. The Kier molecular flexibility index (Phi) is 3.45. The van der Waals surface area contributed by atoms with Crippen LogP contribution in [0.4, 0.5) is 0 Å². The van der Waals surface area contributed by atoms with Gasteiger partial charge in [-0.1, -0.05) is 12.8 Å². The average Bonchev–Trinajstić information content (AvgIpc) is 2.90. The Bertz CT molecular complexity index is 256. The van der Waals surface area contributed by atoms with Crippen LogP contribution in [0, 0.1) is 17.8 Å². The minimum atomic E-state index is 0.734. The highest BCUT2D eigenvalue weighted by Gasteiger charge is 2.39. The maximum Gasteiger partial charge on any atom is 0.0218 e. The number of hydrogen-bond donors (Lipinski definition) is 1. The van der Waals surface area contributed by atoms with Crippen LogP contribution in [0.15, 0.2) is 0 Å². The molecule has 2 heteroatoms. The first-order valence-electron chi connectivity index (χ1n) is 7.76. The Morgan fingerprint density at radius 2 is 1.76 bits per heavy atom. The monoisotopic (exact) mass is 236 g/mol. The van der Waals surface area contributed by atoms with Gasteiger partial charge >= 0.3 is 0 Å². The molecule has 2 aliphatic carbocycles. The molecule has 1 aliphatic heterocycles. The quantitative estimate of drug-likeness (QED) is 0.809. The van der Waals surface area contributed by atoms with Gasteiger partial charge in [0.15, 0.2) is 0 Å². The summed E-state index contributed by atoms with van der Waals surface area (Å²) in [7, 11) is 0. The Balaban J connectivity index is 1.50. The molecule has 0 spiro atoms. The molecule has 3 rings (SSSR count). The third-order valence-electron chi connectivity index (χ3n) is 5.61. The van der Waals surface area contributed by atoms with Crippen LogP contribution < -0.4 is 5.43 Å². The van der Waals surface area contributed by atoms with Gasteiger partial charge in [-0.15, -0.1) is 0 Å². The zero-order chi connectivity index (χ0) is 11.8. The van der Waals surface area contributed by atoms with Gasteiger partial charge in [0.05, 0.1) is 0 Å². The summed E-state index contributed by atoms with van der Waals surface area (Å²) in [5, 5.41) is 2.55. The van der Waals surface area contributed by atoms with E-state index in [1.807, 2.05) is 0 Å². The number of piperidine rings is 1. The molecule has 0 radical (unpaired) electrons. The molecule has 0 aromatic carbocycles. The molecule has 5 unspecified atom stereocenters. The van der Waals surface area contributed by atoms with Gasteiger partial charge in [0.25, 0.3) is 0 Å². The van der Waals surface area contributed by atoms with Crippen LogP contribution in [0.25, 0.3) is 0 Å². The zero-order valence-electron chi connectivity index (χ0n) is 11.5. The molecule has 1 N–H and O–H groups in total. The van der Waals surface area contributed by atoms with Gasteiger partial charge in [-0.2, -0.15) is 0 Å². The van der Waals surface area contributed by atoms with E-state index in [1.165, 1.54) is 51.5 Å². The van der Waals surface area contributed by atoms with E-state index in [1.54, 1.807) is 0 Å². The summed E-state index contributed by atoms with van der Waals surface area (Å²) in [6.45, 7) is 6.00. The first kappa shape index (κ1) is 12.0. The first-order chi connectivity index (χ1) is 8.24. The predicted octanol–water partition coefficient (Wildman–Crippen LogP) is 3.19. The largest absolute Gasteiger partial charge is 0.254 e. The van der Waals surface area contributed by atoms with Crippen molar-refractivity contribution in [1.29, 1.82) is 0 Å². The lowest BCUT2D eigenvalue weighted by molar-refractivity contribution is 0.0367. The second-order valence-electron chi connectivity index (χ2n) is 6.83. The summed E-state index contributed by atoms with van der Waals surface area (Å²) in [5.41, 5.74) is 3.78. The maximum atomic E-state index is 3.78. The van der Waals surface area contributed by atoms with E-state index >= 15 is 0 Å². The highest BCUT2D eigenvalue weighted by atomic mass is 15.5. The third-order valence-corrected chi connectivity index (χ3v) is 5.61. The van der Waals surface area contributed by atoms with Crippen molar-refractivity contribution in [3.05, 3.63) is 0 Å². The predicted molar refractivity (Wildman–Crippen MR) is 71.6 cm³/mol. The van der Waals surface area contributed by atoms with Crippen LogP contribution in [0.5, 0.6) is 0 Å². The maximum absolute atomic E-state index is 3.78. The number of fused-ring (bicyclic) bond motifs is 2. The van der Waals surface area contributed by atoms with E-state index in [4.69, 9.17) is 0 Å². The summed E-state index contributed by atoms with van der Waals surface area (Å²) in [4.78, 5) is 0. The number of hydrogen-bond acceptors (Lipinski definition) is 2. The molecule has 2 nitrogen and oxygen atoms in total. The molecule has 3 fully saturated rings. The molecule has 5 atom stereocenters. The lowest BCUT2D eigenvalue weighted by Gasteiger charge is -2.40. The van der Waals surface area contributed by atoms with E-state index in [0.717, 1.165) is 29.8 Å². The fourth-order valence-corrected chi connectivity index (χ4v) is 4.58. The van der Waals surface area contributed by atoms with E-state index < -0.39 is 0 Å². The van der Waals surface area contributed by atoms with Gasteiger partial charge < -0.3 is 0 Å². The van der Waals surface area contributed by atoms with Crippen LogP contribution >= 0.6 is 0 Å². The summed E-state index contributed by atoms with van der Waals surface area (Å²) in [6, 6.07) is 1.47. The van der Waals surface area contributed by atoms with Crippen LogP contribution in [-0.2, 0) is 0 Å². The molecule has 98 valence electrons. The second kappa shape index (κ2) is 4.89. The number of nitrogens with one attached hydrogen (secondary N) is 1. The Labute approximate surface area is 106 Å². The fraction of sp³-hybridized carbons (Fsp3) is 1.00. The molecule has 0 amide bonds. The van der Waals surface area contributed by atoms with Gasteiger partial charge in [0.1, 0.15) is 0 Å². The van der Waals surface area contributed by atoms with Crippen molar-refractivity contribution in [3.63, 3.8) is 0 Å². The number of rotatable bonds is 3. The summed E-state index contributed by atoms with van der Waals surface area (Å²) in [6.07, 6.45) is 10.2. The lowest BCUT2D eigenvalue weighted by Crippen LogP contribution is -2.53. The SMILES string of the molecule is CC1CCCC(C)N1NCC1CC2CCC1C2. The molecular weight excluding hydrogens is 208 g/mol. The lowest BCUT2D eigenvalue weighted by atomic mass is 9.89. The minimum Gasteiger partial charge on any atom is -0.254 e. The molecule has 0 aromatic heterocycles. The van der Waals surface area contributed by atoms with E-state index in [2.05, 4.69) is 24.3 Å². The van der Waals surface area contributed by atoms with Crippen molar-refractivity contribution in [2.45, 2.75) is 70.9 Å². The van der Waals surface area contributed by atoms with Gasteiger partial charge in [-0.3, -0.25) is 5.43 Å². The van der Waals surface area contributed by atoms with Gasteiger partial charge in [0.2, 0.25) is 0 Å². The van der Waals surface area contributed by atoms with Crippen molar-refractivity contribution in [2.75, 3.05) is 6.54 Å². The fourth-order valence-electron chi connectivity index (χ4n) is 4.58. The standard InChI is InChI=1S/C15H28N2/c1-11-4-3-5-12(2)17(11)16-10-15-9-13-6-7-14(15)8-13/h11-16H,3-10H2,1-2H3. The average molecular weight is 236 g/mol. The Morgan fingerprint density at radius 3 is 2.35 bits per heavy atom. The highest BCUT2D eigenvalue weighted by Crippen LogP contribution is 2.48. The number of hydrazine groups is 1. The molecule has 3 aliphatic rings. The van der Waals surface area contributed by atoms with Crippen molar-refractivity contribution in [2.24, 2.45) is 17.8 Å². The second-order valence-corrected chi connectivity index (χ2v) is 6.83. The van der Waals surface area contributed by atoms with E-state index in [-0.39, 0.29) is 0 Å². The topological polar surface area (TPSA) is 15.3 Å². The summed E-state index contributed by atoms with van der Waals surface area (Å²) in [5.74, 6) is 3.13. The number of nitrogens with zero attached hydrogens (tertiary/aromatic N) is 1. The summed E-state index contributed by atoms with van der Waals surface area (Å²) < 4.78 is 0. The van der Waals surface area contributed by atoms with Gasteiger partial charge in [-0.05, 0) is 63.7 Å². The molecule has 1 heterocycles. The van der Waals surface area contributed by atoms with Crippen molar-refractivity contribution < 1.29 is 0 Å². The highest BCUT2D eigenvalue weighted by molar-refractivity contribution is 4.91. The molecule has 2 bridgehead atoms. The normalized spacial score (nSPS) is 46.6. The molecule has 0 aromatic rings. The molecule has 17 heavy (non-hydrogen) atoms. The van der Waals surface area contributed by atoms with Crippen molar-refractivity contribution in [3.8, 4) is 0 Å². The smallest absolute Gasteiger partial charge is 0.0218 e. The molecular formula is C15H28N2. The van der Waals surface area contributed by atoms with Crippen LogP contribution in [0.2, 0.25) is 0 Å². The summed E-state index contributed by atoms with van der Waals surface area (Å²) >= 11 is 0. The molecule has 1 saturated heterocycles. The van der Waals surface area contributed by atoms with Gasteiger partial charge in [0, 0.05) is 18.6 Å². The minimum absolute atomic E-state index is 0.734. The Morgan fingerprint density at radius 1 is 1.00 bits per heavy atom. The van der Waals surface area contributed by atoms with Crippen LogP contribution in [-0.4, -0.2) is 23.6 Å². The van der Waals surface area contributed by atoms with Crippen LogP contribution in [0.3, 0.4) is 0 Å². The van der Waals surface area contributed by atoms with Crippen LogP contribution in [0.1, 0.15) is 58.8 Å². The Hall–Kier alpha value is -0.0800. The zero-order valence-corrected chi connectivity index (χ0v) is 11.5. The van der Waals surface area contributed by atoms with Gasteiger partial charge in [-0.25, -0.2) is 5.01 Å². The van der Waals surface area contributed by atoms with Crippen molar-refractivity contribution in [1.82, 2.24) is 10.4 Å². The van der Waals surface area contributed by atoms with E-state index in [0.29, 0.717) is 0 Å². The van der Waals surface area contributed by atoms with Crippen molar-refractivity contribution >= 4 is 0 Å².